The van der Waals surface area contributed by atoms with Crippen molar-refractivity contribution in [1.82, 2.24) is 9.55 Å². The smallest absolute Gasteiger partial charge is 0.449 e. The molecule has 1 atom stereocenters. The molecular weight excluding hydrogens is 359 g/mol. The summed E-state index contributed by atoms with van der Waals surface area (Å²) in [6.07, 6.45) is -4.70. The van der Waals surface area contributed by atoms with Gasteiger partial charge in [0.15, 0.2) is 6.10 Å². The number of methoxy groups -OCH3 is 1. The van der Waals surface area contributed by atoms with Gasteiger partial charge < -0.3 is 14.1 Å². The minimum absolute atomic E-state index is 0.00247. The summed E-state index contributed by atoms with van der Waals surface area (Å²) in [5.74, 6) is -0.289. The lowest BCUT2D eigenvalue weighted by Gasteiger charge is -2.14. The third kappa shape index (κ3) is 3.22. The van der Waals surface area contributed by atoms with Gasteiger partial charge in [-0.25, -0.2) is 4.98 Å². The lowest BCUT2D eigenvalue weighted by atomic mass is 10.0. The SMILES string of the molecule is COc1ccccc1C1=NO[C@H](Cn2c(C(F)(F)F)nc3ccccc32)C1. The molecule has 8 heteroatoms. The van der Waals surface area contributed by atoms with Gasteiger partial charge in [0.1, 0.15) is 5.75 Å². The van der Waals surface area contributed by atoms with Crippen molar-refractivity contribution in [2.45, 2.75) is 25.2 Å². The van der Waals surface area contributed by atoms with Gasteiger partial charge in [-0.15, -0.1) is 0 Å². The predicted molar refractivity (Wildman–Crippen MR) is 93.8 cm³/mol. The van der Waals surface area contributed by atoms with E-state index in [2.05, 4.69) is 10.1 Å². The number of fused-ring (bicyclic) bond motifs is 1. The van der Waals surface area contributed by atoms with Gasteiger partial charge >= 0.3 is 6.18 Å². The summed E-state index contributed by atoms with van der Waals surface area (Å²) in [7, 11) is 1.56. The van der Waals surface area contributed by atoms with Crippen molar-refractivity contribution < 1.29 is 22.7 Å². The molecule has 0 saturated carbocycles. The highest BCUT2D eigenvalue weighted by molar-refractivity contribution is 6.03. The van der Waals surface area contributed by atoms with Gasteiger partial charge in [-0.1, -0.05) is 29.4 Å². The summed E-state index contributed by atoms with van der Waals surface area (Å²) < 4.78 is 46.8. The number of rotatable bonds is 4. The Morgan fingerprint density at radius 3 is 2.67 bits per heavy atom. The van der Waals surface area contributed by atoms with Crippen LogP contribution in [-0.4, -0.2) is 28.5 Å². The molecule has 1 aromatic heterocycles. The number of alkyl halides is 3. The van der Waals surface area contributed by atoms with Crippen LogP contribution in [0.5, 0.6) is 5.75 Å². The highest BCUT2D eigenvalue weighted by Gasteiger charge is 2.38. The lowest BCUT2D eigenvalue weighted by molar-refractivity contribution is -0.147. The summed E-state index contributed by atoms with van der Waals surface area (Å²) in [6, 6.07) is 13.9. The quantitative estimate of drug-likeness (QED) is 0.685. The van der Waals surface area contributed by atoms with Crippen molar-refractivity contribution in [2.24, 2.45) is 5.16 Å². The van der Waals surface area contributed by atoms with E-state index in [0.29, 0.717) is 28.9 Å². The first kappa shape index (κ1) is 17.4. The van der Waals surface area contributed by atoms with E-state index in [1.165, 1.54) is 0 Å². The second kappa shape index (κ2) is 6.61. The van der Waals surface area contributed by atoms with Crippen molar-refractivity contribution in [3.05, 3.63) is 59.9 Å². The largest absolute Gasteiger partial charge is 0.496 e. The molecule has 0 radical (unpaired) electrons. The van der Waals surface area contributed by atoms with Gasteiger partial charge in [0.25, 0.3) is 0 Å². The molecule has 1 aliphatic heterocycles. The van der Waals surface area contributed by atoms with E-state index in [-0.39, 0.29) is 6.54 Å². The molecule has 27 heavy (non-hydrogen) atoms. The summed E-state index contributed by atoms with van der Waals surface area (Å²) in [6.45, 7) is -0.00247. The fourth-order valence-corrected chi connectivity index (χ4v) is 3.25. The molecule has 0 unspecified atom stereocenters. The standard InChI is InChI=1S/C19H16F3N3O2/c1-26-17-9-5-2-6-13(17)15-10-12(27-24-15)11-25-16-8-4-3-7-14(16)23-18(25)19(20,21)22/h2-9,12H,10-11H2,1H3/t12-/m0/s1. The number of imidazole rings is 1. The van der Waals surface area contributed by atoms with Crippen LogP contribution >= 0.6 is 0 Å². The van der Waals surface area contributed by atoms with E-state index >= 15 is 0 Å². The lowest BCUT2D eigenvalue weighted by Crippen LogP contribution is -2.22. The minimum Gasteiger partial charge on any atom is -0.496 e. The van der Waals surface area contributed by atoms with Crippen LogP contribution in [0.25, 0.3) is 11.0 Å². The van der Waals surface area contributed by atoms with Gasteiger partial charge in [-0.3, -0.25) is 0 Å². The van der Waals surface area contributed by atoms with Crippen LogP contribution in [0.2, 0.25) is 0 Å². The summed E-state index contributed by atoms with van der Waals surface area (Å²) >= 11 is 0. The van der Waals surface area contributed by atoms with Crippen LogP contribution in [0.15, 0.2) is 53.7 Å². The molecule has 0 aliphatic carbocycles. The van der Waals surface area contributed by atoms with E-state index < -0.39 is 18.1 Å². The fraction of sp³-hybridized carbons (Fsp3) is 0.263. The number of benzene rings is 2. The molecule has 0 amide bonds. The Balaban J connectivity index is 1.61. The van der Waals surface area contributed by atoms with Crippen LogP contribution < -0.4 is 4.74 Å². The molecule has 2 aromatic carbocycles. The zero-order valence-electron chi connectivity index (χ0n) is 14.4. The Morgan fingerprint density at radius 1 is 1.15 bits per heavy atom. The number of hydrogen-bond acceptors (Lipinski definition) is 4. The maximum absolute atomic E-state index is 13.4. The molecule has 0 fully saturated rings. The van der Waals surface area contributed by atoms with Gasteiger partial charge in [-0.05, 0) is 24.3 Å². The van der Waals surface area contributed by atoms with Gasteiger partial charge in [0.05, 0.1) is 30.4 Å². The monoisotopic (exact) mass is 375 g/mol. The number of para-hydroxylation sites is 3. The molecule has 1 aliphatic rings. The van der Waals surface area contributed by atoms with E-state index in [0.717, 1.165) is 10.1 Å². The van der Waals surface area contributed by atoms with Gasteiger partial charge in [0.2, 0.25) is 5.82 Å². The summed E-state index contributed by atoms with van der Waals surface area (Å²) in [5, 5.41) is 4.07. The van der Waals surface area contributed by atoms with Crippen molar-refractivity contribution in [3.8, 4) is 5.75 Å². The van der Waals surface area contributed by atoms with Crippen LogP contribution in [0.3, 0.4) is 0 Å². The Labute approximate surface area is 153 Å². The second-order valence-corrected chi connectivity index (χ2v) is 6.20. The Hall–Kier alpha value is -3.03. The third-order valence-electron chi connectivity index (χ3n) is 4.45. The Morgan fingerprint density at radius 2 is 1.89 bits per heavy atom. The first-order valence-corrected chi connectivity index (χ1v) is 8.36. The number of aromatic nitrogens is 2. The highest BCUT2D eigenvalue weighted by Crippen LogP contribution is 2.33. The van der Waals surface area contributed by atoms with Crippen LogP contribution in [-0.2, 0) is 17.6 Å². The Bertz CT molecular complexity index is 1010. The zero-order chi connectivity index (χ0) is 19.0. The maximum Gasteiger partial charge on any atom is 0.449 e. The number of oxime groups is 1. The van der Waals surface area contributed by atoms with E-state index in [4.69, 9.17) is 9.57 Å². The van der Waals surface area contributed by atoms with Crippen molar-refractivity contribution in [2.75, 3.05) is 7.11 Å². The molecule has 140 valence electrons. The first-order chi connectivity index (χ1) is 13.0. The summed E-state index contributed by atoms with van der Waals surface area (Å²) in [5.41, 5.74) is 2.14. The molecule has 0 saturated heterocycles. The number of hydrogen-bond donors (Lipinski definition) is 0. The van der Waals surface area contributed by atoms with Crippen molar-refractivity contribution in [1.29, 1.82) is 0 Å². The molecule has 3 aromatic rings. The molecule has 2 heterocycles. The average Bonchev–Trinajstić information content (AvgIpc) is 3.27. The molecule has 0 N–H and O–H groups in total. The highest BCUT2D eigenvalue weighted by atomic mass is 19.4. The predicted octanol–water partition coefficient (Wildman–Crippen LogP) is 4.26. The van der Waals surface area contributed by atoms with E-state index in [1.54, 1.807) is 37.4 Å². The minimum atomic E-state index is -4.55. The number of halogens is 3. The average molecular weight is 375 g/mol. The maximum atomic E-state index is 13.4. The van der Waals surface area contributed by atoms with Crippen molar-refractivity contribution in [3.63, 3.8) is 0 Å². The normalized spacial score (nSPS) is 17.0. The summed E-state index contributed by atoms with van der Waals surface area (Å²) in [4.78, 5) is 9.18. The van der Waals surface area contributed by atoms with E-state index in [1.807, 2.05) is 18.2 Å². The second-order valence-electron chi connectivity index (χ2n) is 6.20. The molecule has 5 nitrogen and oxygen atoms in total. The van der Waals surface area contributed by atoms with E-state index in [9.17, 15) is 13.2 Å². The van der Waals surface area contributed by atoms with Crippen LogP contribution in [0.4, 0.5) is 13.2 Å². The zero-order valence-corrected chi connectivity index (χ0v) is 14.4. The molecule has 0 bridgehead atoms. The van der Waals surface area contributed by atoms with Gasteiger partial charge in [-0.2, -0.15) is 13.2 Å². The fourth-order valence-electron chi connectivity index (χ4n) is 3.25. The third-order valence-corrected chi connectivity index (χ3v) is 4.45. The van der Waals surface area contributed by atoms with Crippen LogP contribution in [0.1, 0.15) is 17.8 Å². The number of ether oxygens (including phenoxy) is 1. The van der Waals surface area contributed by atoms with Crippen LogP contribution in [0, 0.1) is 0 Å². The topological polar surface area (TPSA) is 48.6 Å². The molecule has 4 rings (SSSR count). The Kier molecular flexibility index (Phi) is 4.25. The van der Waals surface area contributed by atoms with Gasteiger partial charge in [0, 0.05) is 12.0 Å². The number of nitrogens with zero attached hydrogens (tertiary/aromatic N) is 3. The molecular formula is C19H16F3N3O2. The first-order valence-electron chi connectivity index (χ1n) is 8.36. The van der Waals surface area contributed by atoms with Crippen molar-refractivity contribution >= 4 is 16.7 Å². The molecule has 0 spiro atoms.